The largest absolute Gasteiger partial charge is 0.381 e. The molecule has 1 aromatic rings. The molecule has 0 radical (unpaired) electrons. The van der Waals surface area contributed by atoms with Crippen LogP contribution in [0.25, 0.3) is 0 Å². The van der Waals surface area contributed by atoms with Crippen LogP contribution in [0.1, 0.15) is 42.6 Å². The molecule has 20 heavy (non-hydrogen) atoms. The van der Waals surface area contributed by atoms with Crippen molar-refractivity contribution in [3.05, 3.63) is 29.1 Å². The number of aryl methyl sites for hydroxylation is 1. The Morgan fingerprint density at radius 1 is 1.40 bits per heavy atom. The maximum absolute atomic E-state index is 13.3. The highest BCUT2D eigenvalue weighted by Gasteiger charge is 2.26. The summed E-state index contributed by atoms with van der Waals surface area (Å²) in [6.07, 6.45) is 2.02. The van der Waals surface area contributed by atoms with Crippen molar-refractivity contribution in [1.82, 2.24) is 9.88 Å². The summed E-state index contributed by atoms with van der Waals surface area (Å²) >= 11 is 0. The van der Waals surface area contributed by atoms with Crippen molar-refractivity contribution in [3.63, 3.8) is 0 Å². The monoisotopic (exact) mass is 278 g/mol. The molecule has 1 aromatic heterocycles. The summed E-state index contributed by atoms with van der Waals surface area (Å²) in [4.78, 5) is 6.99. The van der Waals surface area contributed by atoms with Crippen LogP contribution in [-0.2, 0) is 17.7 Å². The Morgan fingerprint density at radius 3 is 2.95 bits per heavy atom. The number of pyridine rings is 1. The summed E-state index contributed by atoms with van der Waals surface area (Å²) in [5, 5.41) is 0. The maximum atomic E-state index is 13.3. The molecule has 2 unspecified atom stereocenters. The van der Waals surface area contributed by atoms with E-state index in [-0.39, 0.29) is 0 Å². The fraction of sp³-hybridized carbons (Fsp3) is 0.688. The van der Waals surface area contributed by atoms with Gasteiger partial charge in [0.15, 0.2) is 0 Å². The Kier molecular flexibility index (Phi) is 4.32. The summed E-state index contributed by atoms with van der Waals surface area (Å²) in [6.45, 7) is 5.94. The van der Waals surface area contributed by atoms with E-state index in [2.05, 4.69) is 24.0 Å². The van der Waals surface area contributed by atoms with Crippen LogP contribution in [0, 0.1) is 0 Å². The zero-order chi connectivity index (χ0) is 13.9. The molecule has 4 heteroatoms. The topological polar surface area (TPSA) is 25.4 Å². The van der Waals surface area contributed by atoms with E-state index in [4.69, 9.17) is 9.72 Å². The van der Waals surface area contributed by atoms with Gasteiger partial charge in [-0.3, -0.25) is 9.88 Å². The highest BCUT2D eigenvalue weighted by molar-refractivity contribution is 5.28. The van der Waals surface area contributed by atoms with Crippen LogP contribution >= 0.6 is 0 Å². The van der Waals surface area contributed by atoms with Gasteiger partial charge in [-0.25, -0.2) is 4.39 Å². The Morgan fingerprint density at radius 2 is 2.30 bits per heavy atom. The Bertz CT molecular complexity index is 460. The number of halogens is 1. The van der Waals surface area contributed by atoms with E-state index in [0.29, 0.717) is 18.9 Å². The molecule has 3 nitrogen and oxygen atoms in total. The standard InChI is InChI=1S/C16H23FN2O/c1-2-14-3-4-15(12-6-8-20-11-12)16(18-14)10-19-7-5-13(17)9-19/h3-4,12-13H,2,5-11H2,1H3. The van der Waals surface area contributed by atoms with Crippen molar-refractivity contribution < 1.29 is 9.13 Å². The highest BCUT2D eigenvalue weighted by Crippen LogP contribution is 2.29. The first-order valence-electron chi connectivity index (χ1n) is 7.69. The molecule has 2 fully saturated rings. The SMILES string of the molecule is CCc1ccc(C2CCOC2)c(CN2CCC(F)C2)n1. The predicted octanol–water partition coefficient (Wildman–Crippen LogP) is 2.69. The van der Waals surface area contributed by atoms with Gasteiger partial charge in [0.25, 0.3) is 0 Å². The fourth-order valence-corrected chi connectivity index (χ4v) is 3.17. The van der Waals surface area contributed by atoms with Crippen molar-refractivity contribution in [3.8, 4) is 0 Å². The first-order valence-corrected chi connectivity index (χ1v) is 7.69. The van der Waals surface area contributed by atoms with Crippen molar-refractivity contribution in [2.75, 3.05) is 26.3 Å². The molecule has 3 rings (SSSR count). The number of nitrogens with zero attached hydrogens (tertiary/aromatic N) is 2. The molecule has 0 bridgehead atoms. The van der Waals surface area contributed by atoms with Crippen LogP contribution in [0.4, 0.5) is 4.39 Å². The predicted molar refractivity (Wildman–Crippen MR) is 76.6 cm³/mol. The summed E-state index contributed by atoms with van der Waals surface area (Å²) in [7, 11) is 0. The van der Waals surface area contributed by atoms with Gasteiger partial charge < -0.3 is 4.74 Å². The molecule has 2 atom stereocenters. The number of ether oxygens (including phenoxy) is 1. The third-order valence-corrected chi connectivity index (χ3v) is 4.39. The lowest BCUT2D eigenvalue weighted by Crippen LogP contribution is -2.23. The average molecular weight is 278 g/mol. The minimum atomic E-state index is -0.664. The van der Waals surface area contributed by atoms with Gasteiger partial charge in [0.2, 0.25) is 0 Å². The molecule has 0 saturated carbocycles. The second kappa shape index (κ2) is 6.19. The normalized spacial score (nSPS) is 27.3. The third kappa shape index (κ3) is 3.01. The number of rotatable bonds is 4. The van der Waals surface area contributed by atoms with E-state index >= 15 is 0 Å². The minimum absolute atomic E-state index is 0.465. The van der Waals surface area contributed by atoms with Gasteiger partial charge in [-0.05, 0) is 30.9 Å². The lowest BCUT2D eigenvalue weighted by atomic mass is 9.96. The van der Waals surface area contributed by atoms with Crippen molar-refractivity contribution >= 4 is 0 Å². The molecule has 2 aliphatic heterocycles. The van der Waals surface area contributed by atoms with Crippen LogP contribution < -0.4 is 0 Å². The zero-order valence-corrected chi connectivity index (χ0v) is 12.1. The highest BCUT2D eigenvalue weighted by atomic mass is 19.1. The van der Waals surface area contributed by atoms with Gasteiger partial charge in [0, 0.05) is 37.9 Å². The molecule has 0 aromatic carbocycles. The van der Waals surface area contributed by atoms with E-state index in [0.717, 1.165) is 50.5 Å². The van der Waals surface area contributed by atoms with Crippen LogP contribution in [0.2, 0.25) is 0 Å². The Labute approximate surface area is 120 Å². The van der Waals surface area contributed by atoms with Crippen LogP contribution in [0.5, 0.6) is 0 Å². The number of alkyl halides is 1. The average Bonchev–Trinajstić information content (AvgIpc) is 3.10. The minimum Gasteiger partial charge on any atom is -0.381 e. The maximum Gasteiger partial charge on any atom is 0.114 e. The van der Waals surface area contributed by atoms with Gasteiger partial charge >= 0.3 is 0 Å². The molecule has 110 valence electrons. The lowest BCUT2D eigenvalue weighted by Gasteiger charge is -2.19. The molecule has 0 spiro atoms. The van der Waals surface area contributed by atoms with Crippen LogP contribution in [-0.4, -0.2) is 42.4 Å². The van der Waals surface area contributed by atoms with Crippen molar-refractivity contribution in [2.24, 2.45) is 0 Å². The number of aromatic nitrogens is 1. The number of hydrogen-bond donors (Lipinski definition) is 0. The van der Waals surface area contributed by atoms with Gasteiger partial charge in [-0.1, -0.05) is 13.0 Å². The van der Waals surface area contributed by atoms with Gasteiger partial charge in [-0.2, -0.15) is 0 Å². The van der Waals surface area contributed by atoms with Crippen molar-refractivity contribution in [2.45, 2.75) is 44.8 Å². The molecule has 2 saturated heterocycles. The van der Waals surface area contributed by atoms with E-state index in [1.54, 1.807) is 0 Å². The van der Waals surface area contributed by atoms with Crippen molar-refractivity contribution in [1.29, 1.82) is 0 Å². The lowest BCUT2D eigenvalue weighted by molar-refractivity contribution is 0.193. The summed E-state index contributed by atoms with van der Waals surface area (Å²) in [6, 6.07) is 4.34. The second-order valence-electron chi connectivity index (χ2n) is 5.87. The molecule has 0 aliphatic carbocycles. The molecular formula is C16H23FN2O. The summed E-state index contributed by atoms with van der Waals surface area (Å²) in [5.74, 6) is 0.465. The van der Waals surface area contributed by atoms with Crippen LogP contribution in [0.3, 0.4) is 0 Å². The molecule has 0 amide bonds. The third-order valence-electron chi connectivity index (χ3n) is 4.39. The second-order valence-corrected chi connectivity index (χ2v) is 5.87. The Balaban J connectivity index is 1.81. The number of likely N-dealkylation sites (tertiary alicyclic amines) is 1. The fourth-order valence-electron chi connectivity index (χ4n) is 3.17. The molecular weight excluding hydrogens is 255 g/mol. The smallest absolute Gasteiger partial charge is 0.114 e. The number of hydrogen-bond acceptors (Lipinski definition) is 3. The molecule has 0 N–H and O–H groups in total. The summed E-state index contributed by atoms with van der Waals surface area (Å²) in [5.41, 5.74) is 3.56. The summed E-state index contributed by atoms with van der Waals surface area (Å²) < 4.78 is 18.8. The zero-order valence-electron chi connectivity index (χ0n) is 12.1. The quantitative estimate of drug-likeness (QED) is 0.846. The van der Waals surface area contributed by atoms with E-state index in [9.17, 15) is 4.39 Å². The van der Waals surface area contributed by atoms with Gasteiger partial charge in [-0.15, -0.1) is 0 Å². The van der Waals surface area contributed by atoms with Gasteiger partial charge in [0.1, 0.15) is 6.17 Å². The van der Waals surface area contributed by atoms with E-state index in [1.807, 2.05) is 0 Å². The first-order chi connectivity index (χ1) is 9.76. The van der Waals surface area contributed by atoms with Gasteiger partial charge in [0.05, 0.1) is 12.3 Å². The van der Waals surface area contributed by atoms with E-state index in [1.165, 1.54) is 5.56 Å². The molecule has 3 heterocycles. The molecule has 2 aliphatic rings. The van der Waals surface area contributed by atoms with E-state index < -0.39 is 6.17 Å². The first kappa shape index (κ1) is 14.0. The Hall–Kier alpha value is -1.00. The van der Waals surface area contributed by atoms with Crippen LogP contribution in [0.15, 0.2) is 12.1 Å².